The van der Waals surface area contributed by atoms with Crippen LogP contribution in [-0.4, -0.2) is 39.0 Å². The fourth-order valence-corrected chi connectivity index (χ4v) is 3.58. The summed E-state index contributed by atoms with van der Waals surface area (Å²) in [5.74, 6) is 1.12. The molecule has 1 aromatic carbocycles. The molecule has 0 atom stereocenters. The summed E-state index contributed by atoms with van der Waals surface area (Å²) in [6, 6.07) is 9.87. The van der Waals surface area contributed by atoms with Crippen molar-refractivity contribution in [3.05, 3.63) is 65.4 Å². The number of benzene rings is 1. The normalized spacial score (nSPS) is 14.7. The fourth-order valence-electron chi connectivity index (χ4n) is 3.58. The van der Waals surface area contributed by atoms with E-state index >= 15 is 0 Å². The Hall–Kier alpha value is -3.29. The maximum atomic E-state index is 13.1. The van der Waals surface area contributed by atoms with Gasteiger partial charge in [-0.2, -0.15) is 0 Å². The smallest absolute Gasteiger partial charge is 0.274 e. The lowest BCUT2D eigenvalue weighted by molar-refractivity contribution is 0.0945. The Balaban J connectivity index is 1.37. The van der Waals surface area contributed by atoms with Gasteiger partial charge in [0, 0.05) is 25.8 Å². The van der Waals surface area contributed by atoms with Crippen LogP contribution >= 0.6 is 0 Å². The number of carbonyl (C=O) groups is 1. The molecule has 0 spiro atoms. The summed E-state index contributed by atoms with van der Waals surface area (Å²) in [5, 5.41) is 10.9. The van der Waals surface area contributed by atoms with E-state index in [1.165, 1.54) is 29.7 Å². The van der Waals surface area contributed by atoms with Crippen LogP contribution < -0.4 is 10.2 Å². The molecule has 30 heavy (non-hydrogen) atoms. The van der Waals surface area contributed by atoms with Crippen molar-refractivity contribution >= 4 is 11.7 Å². The predicted molar refractivity (Wildman–Crippen MR) is 112 cm³/mol. The van der Waals surface area contributed by atoms with Gasteiger partial charge >= 0.3 is 0 Å². The predicted octanol–water partition coefficient (Wildman–Crippen LogP) is 3.28. The number of pyridine rings is 1. The quantitative estimate of drug-likeness (QED) is 0.701. The number of nitrogens with one attached hydrogen (secondary N) is 1. The van der Waals surface area contributed by atoms with Crippen molar-refractivity contribution in [3.63, 3.8) is 0 Å². The Morgan fingerprint density at radius 3 is 2.57 bits per heavy atom. The van der Waals surface area contributed by atoms with Crippen LogP contribution in [0.1, 0.15) is 41.5 Å². The van der Waals surface area contributed by atoms with Gasteiger partial charge in [-0.05, 0) is 61.6 Å². The zero-order chi connectivity index (χ0) is 21.1. The van der Waals surface area contributed by atoms with Gasteiger partial charge in [0.1, 0.15) is 11.6 Å². The lowest BCUT2D eigenvalue weighted by Gasteiger charge is -2.31. The van der Waals surface area contributed by atoms with E-state index < -0.39 is 0 Å². The first-order valence-corrected chi connectivity index (χ1v) is 10.2. The Kier molecular flexibility index (Phi) is 5.74. The van der Waals surface area contributed by atoms with Gasteiger partial charge in [-0.1, -0.05) is 18.2 Å². The molecule has 0 unspecified atom stereocenters. The molecule has 156 valence electrons. The van der Waals surface area contributed by atoms with Crippen molar-refractivity contribution in [2.24, 2.45) is 5.92 Å². The van der Waals surface area contributed by atoms with Crippen LogP contribution in [0.2, 0.25) is 0 Å². The van der Waals surface area contributed by atoms with E-state index in [9.17, 15) is 9.18 Å². The monoisotopic (exact) mass is 408 g/mol. The second kappa shape index (κ2) is 8.61. The van der Waals surface area contributed by atoms with E-state index in [4.69, 9.17) is 0 Å². The van der Waals surface area contributed by atoms with E-state index in [0.29, 0.717) is 17.9 Å². The summed E-state index contributed by atoms with van der Waals surface area (Å²) in [6.07, 6.45) is 4.19. The molecule has 1 amide bonds. The summed E-state index contributed by atoms with van der Waals surface area (Å²) in [4.78, 5) is 19.4. The largest absolute Gasteiger partial charge is 0.357 e. The number of hydrogen-bond acceptors (Lipinski definition) is 5. The molecule has 7 nitrogen and oxygen atoms in total. The van der Waals surface area contributed by atoms with Crippen LogP contribution in [0, 0.1) is 18.7 Å². The SMILES string of the molecule is Cc1c(C(=O)NCc2ccc(N3CCC(C)CC3)nc2)nnn1-c1ccc(F)cc1. The molecule has 0 saturated carbocycles. The Morgan fingerprint density at radius 1 is 1.17 bits per heavy atom. The van der Waals surface area contributed by atoms with Crippen molar-refractivity contribution in [3.8, 4) is 5.69 Å². The molecule has 0 aliphatic carbocycles. The second-order valence-corrected chi connectivity index (χ2v) is 7.79. The number of halogens is 1. The van der Waals surface area contributed by atoms with E-state index in [-0.39, 0.29) is 17.4 Å². The number of rotatable bonds is 5. The highest BCUT2D eigenvalue weighted by atomic mass is 19.1. The maximum absolute atomic E-state index is 13.1. The molecular formula is C22H25FN6O. The molecule has 1 fully saturated rings. The van der Waals surface area contributed by atoms with E-state index in [2.05, 4.69) is 32.4 Å². The van der Waals surface area contributed by atoms with Crippen LogP contribution in [0.15, 0.2) is 42.6 Å². The van der Waals surface area contributed by atoms with Crippen molar-refractivity contribution in [2.75, 3.05) is 18.0 Å². The Labute approximate surface area is 174 Å². The Morgan fingerprint density at radius 2 is 1.90 bits per heavy atom. The molecule has 1 saturated heterocycles. The van der Waals surface area contributed by atoms with Gasteiger partial charge in [0.15, 0.2) is 5.69 Å². The average molecular weight is 408 g/mol. The minimum Gasteiger partial charge on any atom is -0.357 e. The molecule has 8 heteroatoms. The van der Waals surface area contributed by atoms with Crippen LogP contribution in [0.4, 0.5) is 10.2 Å². The van der Waals surface area contributed by atoms with Gasteiger partial charge in [-0.3, -0.25) is 4.79 Å². The van der Waals surface area contributed by atoms with Gasteiger partial charge in [-0.15, -0.1) is 5.10 Å². The maximum Gasteiger partial charge on any atom is 0.274 e. The summed E-state index contributed by atoms with van der Waals surface area (Å²) < 4.78 is 14.6. The number of piperidine rings is 1. The molecule has 3 aromatic rings. The van der Waals surface area contributed by atoms with Crippen molar-refractivity contribution in [2.45, 2.75) is 33.2 Å². The van der Waals surface area contributed by atoms with Crippen LogP contribution in [0.3, 0.4) is 0 Å². The van der Waals surface area contributed by atoms with Gasteiger partial charge in [0.2, 0.25) is 0 Å². The first-order chi connectivity index (χ1) is 14.5. The molecular weight excluding hydrogens is 383 g/mol. The summed E-state index contributed by atoms with van der Waals surface area (Å²) in [6.45, 7) is 6.47. The molecule has 3 heterocycles. The molecule has 1 aliphatic heterocycles. The third kappa shape index (κ3) is 4.32. The third-order valence-electron chi connectivity index (χ3n) is 5.55. The highest BCUT2D eigenvalue weighted by molar-refractivity contribution is 5.93. The number of amides is 1. The topological polar surface area (TPSA) is 75.9 Å². The van der Waals surface area contributed by atoms with E-state index in [1.807, 2.05) is 12.1 Å². The third-order valence-corrected chi connectivity index (χ3v) is 5.55. The molecule has 0 radical (unpaired) electrons. The highest BCUT2D eigenvalue weighted by Gasteiger charge is 2.18. The van der Waals surface area contributed by atoms with E-state index in [0.717, 1.165) is 30.4 Å². The second-order valence-electron chi connectivity index (χ2n) is 7.79. The lowest BCUT2D eigenvalue weighted by atomic mass is 9.99. The minimum atomic E-state index is -0.330. The minimum absolute atomic E-state index is 0.242. The number of hydrogen-bond donors (Lipinski definition) is 1. The van der Waals surface area contributed by atoms with Gasteiger partial charge in [0.05, 0.1) is 11.4 Å². The molecule has 4 rings (SSSR count). The molecule has 2 aromatic heterocycles. The average Bonchev–Trinajstić information content (AvgIpc) is 3.15. The number of anilines is 1. The number of carbonyl (C=O) groups excluding carboxylic acids is 1. The summed E-state index contributed by atoms with van der Waals surface area (Å²) in [7, 11) is 0. The molecule has 0 bridgehead atoms. The van der Waals surface area contributed by atoms with Gasteiger partial charge in [-0.25, -0.2) is 14.1 Å². The summed E-state index contributed by atoms with van der Waals surface area (Å²) >= 11 is 0. The Bertz CT molecular complexity index is 1010. The standard InChI is InChI=1S/C22H25FN6O/c1-15-9-11-28(12-10-15)20-8-3-17(13-24-20)14-25-22(30)21-16(2)29(27-26-21)19-6-4-18(23)5-7-19/h3-8,13,15H,9-12,14H2,1-2H3,(H,25,30). The zero-order valence-electron chi connectivity index (χ0n) is 17.2. The fraction of sp³-hybridized carbons (Fsp3) is 0.364. The van der Waals surface area contributed by atoms with Crippen molar-refractivity contribution < 1.29 is 9.18 Å². The van der Waals surface area contributed by atoms with Crippen molar-refractivity contribution in [1.29, 1.82) is 0 Å². The summed E-state index contributed by atoms with van der Waals surface area (Å²) in [5.41, 5.74) is 2.40. The highest BCUT2D eigenvalue weighted by Crippen LogP contribution is 2.21. The van der Waals surface area contributed by atoms with Crippen molar-refractivity contribution in [1.82, 2.24) is 25.3 Å². The lowest BCUT2D eigenvalue weighted by Crippen LogP contribution is -2.33. The van der Waals surface area contributed by atoms with Crippen LogP contribution in [-0.2, 0) is 6.54 Å². The number of aromatic nitrogens is 4. The number of nitrogens with zero attached hydrogens (tertiary/aromatic N) is 5. The first-order valence-electron chi connectivity index (χ1n) is 10.2. The van der Waals surface area contributed by atoms with Crippen LogP contribution in [0.5, 0.6) is 0 Å². The van der Waals surface area contributed by atoms with Crippen LogP contribution in [0.25, 0.3) is 5.69 Å². The van der Waals surface area contributed by atoms with E-state index in [1.54, 1.807) is 25.3 Å². The zero-order valence-corrected chi connectivity index (χ0v) is 17.2. The van der Waals surface area contributed by atoms with Gasteiger partial charge in [0.25, 0.3) is 5.91 Å². The van der Waals surface area contributed by atoms with Gasteiger partial charge < -0.3 is 10.2 Å². The molecule has 1 N–H and O–H groups in total. The molecule has 1 aliphatic rings. The first kappa shape index (κ1) is 20.0.